The zero-order valence-corrected chi connectivity index (χ0v) is 14.2. The van der Waals surface area contributed by atoms with Crippen molar-refractivity contribution in [2.45, 2.75) is 27.7 Å². The highest BCUT2D eigenvalue weighted by Crippen LogP contribution is 2.21. The van der Waals surface area contributed by atoms with Gasteiger partial charge in [-0.3, -0.25) is 9.78 Å². The van der Waals surface area contributed by atoms with E-state index in [-0.39, 0.29) is 5.91 Å². The standard InChI is InChI=1S/C18H19N5O/c1-11-9-12(2)21-13(3)17(11)22-18(24)15-10-20-23(14(15)4)16-7-5-6-8-19-16/h5-10H,1-4H3,(H,22,24). The first-order chi connectivity index (χ1) is 11.5. The van der Waals surface area contributed by atoms with Crippen molar-refractivity contribution in [1.29, 1.82) is 0 Å². The molecule has 3 aromatic rings. The Bertz CT molecular complexity index is 876. The van der Waals surface area contributed by atoms with E-state index in [0.717, 1.165) is 28.3 Å². The maximum Gasteiger partial charge on any atom is 0.259 e. The Labute approximate surface area is 140 Å². The number of hydrogen-bond acceptors (Lipinski definition) is 4. The summed E-state index contributed by atoms with van der Waals surface area (Å²) < 4.78 is 1.65. The van der Waals surface area contributed by atoms with Crippen molar-refractivity contribution in [3.8, 4) is 5.82 Å². The second kappa shape index (κ2) is 6.23. The van der Waals surface area contributed by atoms with Crippen LogP contribution in [0.4, 0.5) is 5.69 Å². The summed E-state index contributed by atoms with van der Waals surface area (Å²) in [4.78, 5) is 21.3. The monoisotopic (exact) mass is 321 g/mol. The van der Waals surface area contributed by atoms with E-state index < -0.39 is 0 Å². The predicted molar refractivity (Wildman–Crippen MR) is 92.5 cm³/mol. The zero-order valence-electron chi connectivity index (χ0n) is 14.2. The molecule has 1 amide bonds. The van der Waals surface area contributed by atoms with Crippen LogP contribution in [-0.4, -0.2) is 25.7 Å². The summed E-state index contributed by atoms with van der Waals surface area (Å²) in [6.45, 7) is 7.64. The summed E-state index contributed by atoms with van der Waals surface area (Å²) in [6, 6.07) is 7.52. The summed E-state index contributed by atoms with van der Waals surface area (Å²) >= 11 is 0. The lowest BCUT2D eigenvalue weighted by Gasteiger charge is -2.12. The number of hydrogen-bond donors (Lipinski definition) is 1. The van der Waals surface area contributed by atoms with Crippen LogP contribution in [0.2, 0.25) is 0 Å². The summed E-state index contributed by atoms with van der Waals surface area (Å²) in [6.07, 6.45) is 3.26. The van der Waals surface area contributed by atoms with Crippen LogP contribution in [0.1, 0.15) is 33.0 Å². The van der Waals surface area contributed by atoms with Gasteiger partial charge in [0.1, 0.15) is 0 Å². The number of aromatic nitrogens is 4. The van der Waals surface area contributed by atoms with Crippen LogP contribution in [0, 0.1) is 27.7 Å². The van der Waals surface area contributed by atoms with E-state index in [9.17, 15) is 4.79 Å². The van der Waals surface area contributed by atoms with Gasteiger partial charge < -0.3 is 5.32 Å². The molecule has 0 aromatic carbocycles. The largest absolute Gasteiger partial charge is 0.320 e. The number of anilines is 1. The highest BCUT2D eigenvalue weighted by atomic mass is 16.1. The van der Waals surface area contributed by atoms with Crippen molar-refractivity contribution in [2.75, 3.05) is 5.32 Å². The fraction of sp³-hybridized carbons (Fsp3) is 0.222. The summed E-state index contributed by atoms with van der Waals surface area (Å²) in [5.41, 5.74) is 4.72. The van der Waals surface area contributed by atoms with Gasteiger partial charge >= 0.3 is 0 Å². The third-order valence-corrected chi connectivity index (χ3v) is 3.88. The molecule has 3 heterocycles. The van der Waals surface area contributed by atoms with Crippen LogP contribution in [0.15, 0.2) is 36.7 Å². The van der Waals surface area contributed by atoms with E-state index >= 15 is 0 Å². The summed E-state index contributed by atoms with van der Waals surface area (Å²) in [5, 5.41) is 7.24. The van der Waals surface area contributed by atoms with E-state index in [1.54, 1.807) is 17.1 Å². The van der Waals surface area contributed by atoms with Gasteiger partial charge in [-0.15, -0.1) is 0 Å². The molecule has 0 fully saturated rings. The Kier molecular flexibility index (Phi) is 4.12. The van der Waals surface area contributed by atoms with Crippen molar-refractivity contribution in [3.63, 3.8) is 0 Å². The van der Waals surface area contributed by atoms with E-state index in [0.29, 0.717) is 11.4 Å². The van der Waals surface area contributed by atoms with Gasteiger partial charge in [-0.2, -0.15) is 5.10 Å². The van der Waals surface area contributed by atoms with E-state index in [1.807, 2.05) is 52.0 Å². The fourth-order valence-electron chi connectivity index (χ4n) is 2.74. The van der Waals surface area contributed by atoms with Gasteiger partial charge in [-0.05, 0) is 51.5 Å². The minimum atomic E-state index is -0.202. The number of carbonyl (C=O) groups excluding carboxylic acids is 1. The minimum absolute atomic E-state index is 0.202. The molecule has 0 spiro atoms. The average Bonchev–Trinajstić information content (AvgIpc) is 2.93. The molecule has 122 valence electrons. The topological polar surface area (TPSA) is 72.7 Å². The number of nitrogens with zero attached hydrogens (tertiary/aromatic N) is 4. The van der Waals surface area contributed by atoms with Crippen LogP contribution in [0.25, 0.3) is 5.82 Å². The van der Waals surface area contributed by atoms with Crippen LogP contribution in [-0.2, 0) is 0 Å². The lowest BCUT2D eigenvalue weighted by atomic mass is 10.1. The number of carbonyl (C=O) groups is 1. The fourth-order valence-corrected chi connectivity index (χ4v) is 2.74. The number of rotatable bonds is 3. The third kappa shape index (κ3) is 2.90. The van der Waals surface area contributed by atoms with Gasteiger partial charge in [0.2, 0.25) is 0 Å². The molecular formula is C18H19N5O. The van der Waals surface area contributed by atoms with Crippen molar-refractivity contribution in [1.82, 2.24) is 19.7 Å². The highest BCUT2D eigenvalue weighted by Gasteiger charge is 2.17. The first kappa shape index (κ1) is 15.9. The van der Waals surface area contributed by atoms with Crippen molar-refractivity contribution < 1.29 is 4.79 Å². The Morgan fingerprint density at radius 3 is 2.62 bits per heavy atom. The Hall–Kier alpha value is -3.02. The van der Waals surface area contributed by atoms with Gasteiger partial charge in [0, 0.05) is 11.9 Å². The molecule has 3 aromatic heterocycles. The Morgan fingerprint density at radius 1 is 1.17 bits per heavy atom. The molecule has 0 atom stereocenters. The van der Waals surface area contributed by atoms with Gasteiger partial charge in [0.05, 0.1) is 28.8 Å². The van der Waals surface area contributed by atoms with Crippen LogP contribution in [0.5, 0.6) is 0 Å². The van der Waals surface area contributed by atoms with Crippen LogP contribution < -0.4 is 5.32 Å². The normalized spacial score (nSPS) is 10.7. The predicted octanol–water partition coefficient (Wildman–Crippen LogP) is 3.15. The summed E-state index contributed by atoms with van der Waals surface area (Å²) in [7, 11) is 0. The van der Waals surface area contributed by atoms with Crippen molar-refractivity contribution >= 4 is 11.6 Å². The zero-order chi connectivity index (χ0) is 17.3. The maximum absolute atomic E-state index is 12.7. The molecular weight excluding hydrogens is 302 g/mol. The smallest absolute Gasteiger partial charge is 0.259 e. The molecule has 0 saturated heterocycles. The molecule has 0 unspecified atom stereocenters. The molecule has 1 N–H and O–H groups in total. The molecule has 0 radical (unpaired) electrons. The Balaban J connectivity index is 1.91. The molecule has 24 heavy (non-hydrogen) atoms. The Morgan fingerprint density at radius 2 is 1.96 bits per heavy atom. The van der Waals surface area contributed by atoms with Gasteiger partial charge in [-0.25, -0.2) is 9.67 Å². The van der Waals surface area contributed by atoms with Crippen molar-refractivity contribution in [3.05, 3.63) is 64.9 Å². The highest BCUT2D eigenvalue weighted by molar-refractivity contribution is 6.05. The summed E-state index contributed by atoms with van der Waals surface area (Å²) in [5.74, 6) is 0.477. The second-order valence-electron chi connectivity index (χ2n) is 5.74. The van der Waals surface area contributed by atoms with Gasteiger partial charge in [-0.1, -0.05) is 6.07 Å². The number of pyridine rings is 2. The maximum atomic E-state index is 12.7. The molecule has 6 nitrogen and oxygen atoms in total. The first-order valence-corrected chi connectivity index (χ1v) is 7.69. The second-order valence-corrected chi connectivity index (χ2v) is 5.74. The number of aryl methyl sites for hydroxylation is 3. The average molecular weight is 321 g/mol. The SMILES string of the molecule is Cc1cc(C)c(NC(=O)c2cnn(-c3ccccn3)c2C)c(C)n1. The lowest BCUT2D eigenvalue weighted by molar-refractivity contribution is 0.102. The van der Waals surface area contributed by atoms with Crippen LogP contribution >= 0.6 is 0 Å². The number of nitrogens with one attached hydrogen (secondary N) is 1. The molecule has 0 bridgehead atoms. The van der Waals surface area contributed by atoms with Crippen LogP contribution in [0.3, 0.4) is 0 Å². The quantitative estimate of drug-likeness (QED) is 0.804. The van der Waals surface area contributed by atoms with Crippen molar-refractivity contribution in [2.24, 2.45) is 0 Å². The lowest BCUT2D eigenvalue weighted by Crippen LogP contribution is -2.15. The molecule has 0 aliphatic rings. The van der Waals surface area contributed by atoms with E-state index in [2.05, 4.69) is 20.4 Å². The first-order valence-electron chi connectivity index (χ1n) is 7.69. The van der Waals surface area contributed by atoms with E-state index in [1.165, 1.54) is 0 Å². The molecule has 0 aliphatic heterocycles. The molecule has 0 aliphatic carbocycles. The van der Waals surface area contributed by atoms with Gasteiger partial charge in [0.25, 0.3) is 5.91 Å². The van der Waals surface area contributed by atoms with E-state index in [4.69, 9.17) is 0 Å². The molecule has 6 heteroatoms. The minimum Gasteiger partial charge on any atom is -0.320 e. The van der Waals surface area contributed by atoms with Gasteiger partial charge in [0.15, 0.2) is 5.82 Å². The molecule has 3 rings (SSSR count). The number of amides is 1. The third-order valence-electron chi connectivity index (χ3n) is 3.88. The molecule has 0 saturated carbocycles.